The number of fused-ring (bicyclic) bond motifs is 1. The fourth-order valence-electron chi connectivity index (χ4n) is 4.30. The summed E-state index contributed by atoms with van der Waals surface area (Å²) in [6, 6.07) is 13.7. The first-order valence-electron chi connectivity index (χ1n) is 11.3. The first kappa shape index (κ1) is 21.8. The van der Waals surface area contributed by atoms with Gasteiger partial charge in [-0.2, -0.15) is 0 Å². The molecule has 2 aromatic carbocycles. The lowest BCUT2D eigenvalue weighted by Crippen LogP contribution is -2.30. The molecule has 2 aromatic rings. The fraction of sp³-hybridized carbons (Fsp3) is 0.346. The number of nitrogens with two attached hydrogens (primary N) is 1. The van der Waals surface area contributed by atoms with Gasteiger partial charge in [-0.3, -0.25) is 9.59 Å². The SMILES string of the molecule is CCCN(C)C(=O)C1=Cc2ccc(-c3ccc(C(=O)N4CCCC4)cc3)cc2N=C(N)C1. The molecule has 0 spiro atoms. The topological polar surface area (TPSA) is 79.0 Å². The van der Waals surface area contributed by atoms with Crippen molar-refractivity contribution in [2.24, 2.45) is 10.7 Å². The average Bonchev–Trinajstić information content (AvgIpc) is 3.28. The predicted octanol–water partition coefficient (Wildman–Crippen LogP) is 4.23. The van der Waals surface area contributed by atoms with Crippen LogP contribution in [-0.2, 0) is 4.79 Å². The van der Waals surface area contributed by atoms with Crippen molar-refractivity contribution in [1.82, 2.24) is 9.80 Å². The first-order chi connectivity index (χ1) is 15.5. The summed E-state index contributed by atoms with van der Waals surface area (Å²) in [5.74, 6) is 0.515. The molecule has 2 aliphatic heterocycles. The molecule has 6 nitrogen and oxygen atoms in total. The molecule has 2 aliphatic rings. The van der Waals surface area contributed by atoms with E-state index in [1.54, 1.807) is 4.90 Å². The van der Waals surface area contributed by atoms with Gasteiger partial charge in [-0.1, -0.05) is 31.2 Å². The molecule has 0 aromatic heterocycles. The van der Waals surface area contributed by atoms with E-state index in [4.69, 9.17) is 5.73 Å². The zero-order valence-electron chi connectivity index (χ0n) is 18.8. The molecule has 6 heteroatoms. The van der Waals surface area contributed by atoms with Gasteiger partial charge in [0, 0.05) is 49.8 Å². The van der Waals surface area contributed by atoms with E-state index in [1.165, 1.54) is 0 Å². The van der Waals surface area contributed by atoms with Crippen LogP contribution in [0.4, 0.5) is 5.69 Å². The Hall–Kier alpha value is -3.41. The molecule has 0 bridgehead atoms. The van der Waals surface area contributed by atoms with E-state index in [2.05, 4.69) is 4.99 Å². The normalized spacial score (nSPS) is 15.5. The van der Waals surface area contributed by atoms with Gasteiger partial charge in [0.05, 0.1) is 5.69 Å². The molecule has 1 fully saturated rings. The zero-order chi connectivity index (χ0) is 22.7. The highest BCUT2D eigenvalue weighted by Crippen LogP contribution is 2.32. The van der Waals surface area contributed by atoms with Gasteiger partial charge in [-0.25, -0.2) is 4.99 Å². The Morgan fingerprint density at radius 2 is 1.75 bits per heavy atom. The number of benzene rings is 2. The van der Waals surface area contributed by atoms with Gasteiger partial charge >= 0.3 is 0 Å². The third kappa shape index (κ3) is 4.59. The summed E-state index contributed by atoms with van der Waals surface area (Å²) in [4.78, 5) is 33.6. The Bertz CT molecular complexity index is 1080. The second-order valence-electron chi connectivity index (χ2n) is 8.53. The highest BCUT2D eigenvalue weighted by molar-refractivity contribution is 6.05. The Balaban J connectivity index is 1.59. The van der Waals surface area contributed by atoms with Gasteiger partial charge in [0.2, 0.25) is 5.91 Å². The van der Waals surface area contributed by atoms with Crippen LogP contribution in [0, 0.1) is 0 Å². The number of amides is 2. The zero-order valence-corrected chi connectivity index (χ0v) is 18.8. The number of aliphatic imine (C=N–C) groups is 1. The van der Waals surface area contributed by atoms with Crippen molar-refractivity contribution >= 4 is 29.4 Å². The molecule has 0 unspecified atom stereocenters. The molecule has 4 rings (SSSR count). The number of likely N-dealkylation sites (N-methyl/N-ethyl adjacent to an activating group) is 1. The first-order valence-corrected chi connectivity index (χ1v) is 11.3. The molecule has 1 saturated heterocycles. The van der Waals surface area contributed by atoms with Crippen LogP contribution in [-0.4, -0.2) is 54.1 Å². The number of nitrogens with zero attached hydrogens (tertiary/aromatic N) is 3. The summed E-state index contributed by atoms with van der Waals surface area (Å²) in [6.45, 7) is 4.44. The molecule has 32 heavy (non-hydrogen) atoms. The van der Waals surface area contributed by atoms with Crippen LogP contribution < -0.4 is 5.73 Å². The maximum atomic E-state index is 12.8. The average molecular weight is 431 g/mol. The molecule has 2 N–H and O–H groups in total. The smallest absolute Gasteiger partial charge is 0.253 e. The van der Waals surface area contributed by atoms with Crippen molar-refractivity contribution in [3.05, 3.63) is 59.2 Å². The predicted molar refractivity (Wildman–Crippen MR) is 129 cm³/mol. The van der Waals surface area contributed by atoms with E-state index in [9.17, 15) is 9.59 Å². The Morgan fingerprint density at radius 3 is 2.44 bits per heavy atom. The van der Waals surface area contributed by atoms with Crippen LogP contribution in [0.25, 0.3) is 17.2 Å². The molecular formula is C26H30N4O2. The lowest BCUT2D eigenvalue weighted by molar-refractivity contribution is -0.125. The Morgan fingerprint density at radius 1 is 1.06 bits per heavy atom. The summed E-state index contributed by atoms with van der Waals surface area (Å²) in [6.07, 6.45) is 5.30. The number of rotatable bonds is 5. The molecular weight excluding hydrogens is 400 g/mol. The Kier molecular flexibility index (Phi) is 6.40. The summed E-state index contributed by atoms with van der Waals surface area (Å²) in [5, 5.41) is 0. The Labute approximate surface area is 189 Å². The van der Waals surface area contributed by atoms with Gasteiger partial charge in [0.1, 0.15) is 5.84 Å². The van der Waals surface area contributed by atoms with Crippen molar-refractivity contribution in [1.29, 1.82) is 0 Å². The van der Waals surface area contributed by atoms with Crippen molar-refractivity contribution in [2.75, 3.05) is 26.7 Å². The lowest BCUT2D eigenvalue weighted by atomic mass is 9.99. The second-order valence-corrected chi connectivity index (χ2v) is 8.53. The quantitative estimate of drug-likeness (QED) is 0.771. The largest absolute Gasteiger partial charge is 0.387 e. The maximum absolute atomic E-state index is 12.8. The molecule has 166 valence electrons. The number of likely N-dealkylation sites (tertiary alicyclic amines) is 1. The minimum Gasteiger partial charge on any atom is -0.387 e. The minimum absolute atomic E-state index is 0.0137. The monoisotopic (exact) mass is 430 g/mol. The van der Waals surface area contributed by atoms with Crippen LogP contribution in [0.15, 0.2) is 53.0 Å². The van der Waals surface area contributed by atoms with Crippen LogP contribution in [0.1, 0.15) is 48.5 Å². The molecule has 0 atom stereocenters. The number of hydrogen-bond donors (Lipinski definition) is 1. The third-order valence-electron chi connectivity index (χ3n) is 6.03. The summed E-state index contributed by atoms with van der Waals surface area (Å²) >= 11 is 0. The summed E-state index contributed by atoms with van der Waals surface area (Å²) in [5.41, 5.74) is 11.1. The van der Waals surface area contributed by atoms with Gasteiger partial charge < -0.3 is 15.5 Å². The number of amidine groups is 1. The number of carbonyl (C=O) groups is 2. The highest BCUT2D eigenvalue weighted by Gasteiger charge is 2.20. The molecule has 2 amide bonds. The second kappa shape index (κ2) is 9.39. The fourth-order valence-corrected chi connectivity index (χ4v) is 4.30. The number of carbonyl (C=O) groups excluding carboxylic acids is 2. The third-order valence-corrected chi connectivity index (χ3v) is 6.03. The lowest BCUT2D eigenvalue weighted by Gasteiger charge is -2.17. The van der Waals surface area contributed by atoms with Crippen molar-refractivity contribution in [2.45, 2.75) is 32.6 Å². The minimum atomic E-state index is -0.0137. The van der Waals surface area contributed by atoms with E-state index < -0.39 is 0 Å². The van der Waals surface area contributed by atoms with Gasteiger partial charge in [-0.15, -0.1) is 0 Å². The van der Waals surface area contributed by atoms with Crippen LogP contribution in [0.3, 0.4) is 0 Å². The van der Waals surface area contributed by atoms with E-state index in [0.29, 0.717) is 24.4 Å². The van der Waals surface area contributed by atoms with Crippen molar-refractivity contribution in [3.8, 4) is 11.1 Å². The van der Waals surface area contributed by atoms with Gasteiger partial charge in [-0.05, 0) is 54.7 Å². The van der Waals surface area contributed by atoms with Gasteiger partial charge in [0.15, 0.2) is 0 Å². The van der Waals surface area contributed by atoms with E-state index in [0.717, 1.165) is 60.3 Å². The number of hydrogen-bond acceptors (Lipinski definition) is 4. The van der Waals surface area contributed by atoms with Crippen molar-refractivity contribution in [3.63, 3.8) is 0 Å². The highest BCUT2D eigenvalue weighted by atomic mass is 16.2. The molecule has 0 radical (unpaired) electrons. The van der Waals surface area contributed by atoms with E-state index in [-0.39, 0.29) is 11.8 Å². The van der Waals surface area contributed by atoms with E-state index in [1.807, 2.05) is 67.4 Å². The van der Waals surface area contributed by atoms with E-state index >= 15 is 0 Å². The standard InChI is InChI=1S/C26H30N4O2/c1-3-12-29(2)25(31)22-15-21-11-10-20(16-23(21)28-24(27)17-22)18-6-8-19(9-7-18)26(32)30-13-4-5-14-30/h6-11,15-16H,3-5,12-14,17H2,1-2H3,(H2,27,28). The van der Waals surface area contributed by atoms with Crippen LogP contribution in [0.2, 0.25) is 0 Å². The molecule has 0 saturated carbocycles. The molecule has 0 aliphatic carbocycles. The summed E-state index contributed by atoms with van der Waals surface area (Å²) in [7, 11) is 1.81. The van der Waals surface area contributed by atoms with Crippen LogP contribution >= 0.6 is 0 Å². The summed E-state index contributed by atoms with van der Waals surface area (Å²) < 4.78 is 0. The van der Waals surface area contributed by atoms with Gasteiger partial charge in [0.25, 0.3) is 5.91 Å². The van der Waals surface area contributed by atoms with Crippen molar-refractivity contribution < 1.29 is 9.59 Å². The maximum Gasteiger partial charge on any atom is 0.253 e. The molecule has 2 heterocycles. The van der Waals surface area contributed by atoms with Crippen LogP contribution in [0.5, 0.6) is 0 Å².